The second-order valence-corrected chi connectivity index (χ2v) is 6.53. The molecule has 0 saturated carbocycles. The molecule has 2 heterocycles. The highest BCUT2D eigenvalue weighted by Gasteiger charge is 2.34. The number of rotatable bonds is 3. The fourth-order valence-electron chi connectivity index (χ4n) is 2.19. The second kappa shape index (κ2) is 6.25. The smallest absolute Gasteiger partial charge is 0.433 e. The molecule has 1 fully saturated rings. The van der Waals surface area contributed by atoms with E-state index in [2.05, 4.69) is 10.3 Å². The van der Waals surface area contributed by atoms with Gasteiger partial charge in [-0.15, -0.1) is 0 Å². The SMILES string of the molecule is CC(C)(C)OC(=O)NCC1CN(c2cccc(C(F)(F)F)n2)C1. The molecule has 1 aromatic heterocycles. The van der Waals surface area contributed by atoms with E-state index in [1.54, 1.807) is 31.7 Å². The summed E-state index contributed by atoms with van der Waals surface area (Å²) in [5.74, 6) is 0.465. The number of carbonyl (C=O) groups excluding carboxylic acids is 1. The number of hydrogen-bond acceptors (Lipinski definition) is 4. The number of amides is 1. The Balaban J connectivity index is 1.80. The lowest BCUT2D eigenvalue weighted by atomic mass is 10.0. The molecule has 1 saturated heterocycles. The number of pyridine rings is 1. The van der Waals surface area contributed by atoms with Crippen LogP contribution in [0.15, 0.2) is 18.2 Å². The number of alkyl halides is 3. The minimum atomic E-state index is -4.45. The van der Waals surface area contributed by atoms with E-state index < -0.39 is 23.6 Å². The predicted molar refractivity (Wildman–Crippen MR) is 79.2 cm³/mol. The van der Waals surface area contributed by atoms with Crippen molar-refractivity contribution < 1.29 is 22.7 Å². The molecule has 0 spiro atoms. The fraction of sp³-hybridized carbons (Fsp3) is 0.600. The Morgan fingerprint density at radius 2 is 2.00 bits per heavy atom. The number of aromatic nitrogens is 1. The topological polar surface area (TPSA) is 54.5 Å². The van der Waals surface area contributed by atoms with Crippen LogP contribution in [-0.4, -0.2) is 36.3 Å². The molecule has 0 bridgehead atoms. The van der Waals surface area contributed by atoms with Gasteiger partial charge >= 0.3 is 12.3 Å². The van der Waals surface area contributed by atoms with Crippen molar-refractivity contribution in [2.45, 2.75) is 32.5 Å². The minimum Gasteiger partial charge on any atom is -0.444 e. The molecular weight excluding hydrogens is 311 g/mol. The summed E-state index contributed by atoms with van der Waals surface area (Å²) in [4.78, 5) is 16.9. The van der Waals surface area contributed by atoms with E-state index in [-0.39, 0.29) is 5.92 Å². The molecule has 1 aromatic rings. The Morgan fingerprint density at radius 1 is 1.35 bits per heavy atom. The van der Waals surface area contributed by atoms with Crippen molar-refractivity contribution in [3.8, 4) is 0 Å². The summed E-state index contributed by atoms with van der Waals surface area (Å²) >= 11 is 0. The van der Waals surface area contributed by atoms with Crippen LogP contribution in [0.1, 0.15) is 26.5 Å². The van der Waals surface area contributed by atoms with Crippen LogP contribution in [-0.2, 0) is 10.9 Å². The summed E-state index contributed by atoms with van der Waals surface area (Å²) in [7, 11) is 0. The lowest BCUT2D eigenvalue weighted by molar-refractivity contribution is -0.141. The Labute approximate surface area is 132 Å². The summed E-state index contributed by atoms with van der Waals surface area (Å²) in [5, 5.41) is 2.66. The summed E-state index contributed by atoms with van der Waals surface area (Å²) in [6.07, 6.45) is -4.94. The number of carbonyl (C=O) groups is 1. The number of ether oxygens (including phenoxy) is 1. The monoisotopic (exact) mass is 331 g/mol. The van der Waals surface area contributed by atoms with Gasteiger partial charge in [0.1, 0.15) is 17.1 Å². The van der Waals surface area contributed by atoms with Gasteiger partial charge in [-0.3, -0.25) is 0 Å². The Bertz CT molecular complexity index is 564. The van der Waals surface area contributed by atoms with Crippen LogP contribution in [0.25, 0.3) is 0 Å². The van der Waals surface area contributed by atoms with E-state index in [1.165, 1.54) is 6.07 Å². The number of halogens is 3. The van der Waals surface area contributed by atoms with Crippen LogP contribution in [0.2, 0.25) is 0 Å². The van der Waals surface area contributed by atoms with Crippen molar-refractivity contribution in [2.24, 2.45) is 5.92 Å². The quantitative estimate of drug-likeness (QED) is 0.925. The van der Waals surface area contributed by atoms with Gasteiger partial charge in [0.15, 0.2) is 0 Å². The Hall–Kier alpha value is -1.99. The van der Waals surface area contributed by atoms with Crippen LogP contribution in [0.4, 0.5) is 23.8 Å². The van der Waals surface area contributed by atoms with Gasteiger partial charge in [0.2, 0.25) is 0 Å². The zero-order valence-electron chi connectivity index (χ0n) is 13.3. The van der Waals surface area contributed by atoms with Crippen LogP contribution in [0.5, 0.6) is 0 Å². The van der Waals surface area contributed by atoms with Crippen molar-refractivity contribution in [3.05, 3.63) is 23.9 Å². The fourth-order valence-corrected chi connectivity index (χ4v) is 2.19. The molecule has 5 nitrogen and oxygen atoms in total. The molecule has 1 aliphatic heterocycles. The highest BCUT2D eigenvalue weighted by atomic mass is 19.4. The summed E-state index contributed by atoms with van der Waals surface area (Å²) in [6.45, 7) is 6.84. The van der Waals surface area contributed by atoms with Crippen molar-refractivity contribution in [2.75, 3.05) is 24.5 Å². The molecule has 0 aliphatic carbocycles. The average molecular weight is 331 g/mol. The molecule has 0 aromatic carbocycles. The van der Waals surface area contributed by atoms with Crippen LogP contribution < -0.4 is 10.2 Å². The van der Waals surface area contributed by atoms with E-state index in [4.69, 9.17) is 4.74 Å². The van der Waals surface area contributed by atoms with Crippen molar-refractivity contribution in [3.63, 3.8) is 0 Å². The zero-order valence-corrected chi connectivity index (χ0v) is 13.3. The van der Waals surface area contributed by atoms with Gasteiger partial charge < -0.3 is 15.0 Å². The van der Waals surface area contributed by atoms with Gasteiger partial charge in [0, 0.05) is 25.6 Å². The Morgan fingerprint density at radius 3 is 2.57 bits per heavy atom. The van der Waals surface area contributed by atoms with Gasteiger partial charge in [-0.05, 0) is 32.9 Å². The molecule has 1 N–H and O–H groups in total. The average Bonchev–Trinajstić information content (AvgIpc) is 2.34. The summed E-state index contributed by atoms with van der Waals surface area (Å²) in [6, 6.07) is 3.84. The molecule has 1 aliphatic rings. The zero-order chi connectivity index (χ0) is 17.3. The maximum Gasteiger partial charge on any atom is 0.433 e. The third-order valence-electron chi connectivity index (χ3n) is 3.24. The first-order chi connectivity index (χ1) is 10.5. The lowest BCUT2D eigenvalue weighted by Crippen LogP contribution is -2.52. The third kappa shape index (κ3) is 5.01. The molecule has 0 atom stereocenters. The van der Waals surface area contributed by atoms with Gasteiger partial charge in [0.05, 0.1) is 0 Å². The van der Waals surface area contributed by atoms with Crippen molar-refractivity contribution in [1.82, 2.24) is 10.3 Å². The van der Waals surface area contributed by atoms with Gasteiger partial charge in [0.25, 0.3) is 0 Å². The van der Waals surface area contributed by atoms with Crippen LogP contribution >= 0.6 is 0 Å². The van der Waals surface area contributed by atoms with E-state index in [9.17, 15) is 18.0 Å². The Kier molecular flexibility index (Phi) is 4.72. The number of nitrogens with zero attached hydrogens (tertiary/aromatic N) is 2. The summed E-state index contributed by atoms with van der Waals surface area (Å²) in [5.41, 5.74) is -1.46. The lowest BCUT2D eigenvalue weighted by Gasteiger charge is -2.40. The number of hydrogen-bond donors (Lipinski definition) is 1. The van der Waals surface area contributed by atoms with E-state index in [0.29, 0.717) is 25.5 Å². The first kappa shape index (κ1) is 17.4. The third-order valence-corrected chi connectivity index (χ3v) is 3.24. The second-order valence-electron chi connectivity index (χ2n) is 6.53. The van der Waals surface area contributed by atoms with Gasteiger partial charge in [-0.25, -0.2) is 9.78 Å². The van der Waals surface area contributed by atoms with Gasteiger partial charge in [-0.2, -0.15) is 13.2 Å². The normalized spacial score (nSPS) is 16.0. The van der Waals surface area contributed by atoms with E-state index in [0.717, 1.165) is 6.07 Å². The molecule has 0 unspecified atom stereocenters. The molecule has 1 amide bonds. The molecule has 2 rings (SSSR count). The number of alkyl carbamates (subject to hydrolysis) is 1. The number of nitrogens with one attached hydrogen (secondary N) is 1. The van der Waals surface area contributed by atoms with Crippen molar-refractivity contribution in [1.29, 1.82) is 0 Å². The van der Waals surface area contributed by atoms with E-state index in [1.807, 2.05) is 0 Å². The molecule has 23 heavy (non-hydrogen) atoms. The highest BCUT2D eigenvalue weighted by molar-refractivity contribution is 5.67. The van der Waals surface area contributed by atoms with Crippen LogP contribution in [0, 0.1) is 5.92 Å². The molecule has 128 valence electrons. The predicted octanol–water partition coefficient (Wildman–Crippen LogP) is 3.06. The highest BCUT2D eigenvalue weighted by Crippen LogP contribution is 2.30. The van der Waals surface area contributed by atoms with Crippen LogP contribution in [0.3, 0.4) is 0 Å². The standard InChI is InChI=1S/C15H20F3N3O2/c1-14(2,3)23-13(22)19-7-10-8-21(9-10)12-6-4-5-11(20-12)15(16,17)18/h4-6,10H,7-9H2,1-3H3,(H,19,22). The van der Waals surface area contributed by atoms with Crippen molar-refractivity contribution >= 4 is 11.9 Å². The first-order valence-electron chi connectivity index (χ1n) is 7.30. The number of anilines is 1. The first-order valence-corrected chi connectivity index (χ1v) is 7.30. The van der Waals surface area contributed by atoms with E-state index >= 15 is 0 Å². The molecule has 0 radical (unpaired) electrons. The maximum atomic E-state index is 12.6. The summed E-state index contributed by atoms with van der Waals surface area (Å²) < 4.78 is 43.0. The largest absolute Gasteiger partial charge is 0.444 e. The van der Waals surface area contributed by atoms with Gasteiger partial charge in [-0.1, -0.05) is 6.07 Å². The molecular formula is C15H20F3N3O2. The molecule has 8 heteroatoms. The minimum absolute atomic E-state index is 0.166. The maximum absolute atomic E-state index is 12.6.